The summed E-state index contributed by atoms with van der Waals surface area (Å²) in [7, 11) is 0. The lowest BCUT2D eigenvalue weighted by Crippen LogP contribution is -2.52. The standard InChI is InChI=1S/C30H35ClN2O2/c1-5-23(4)32-30(35)28(18-24-11-7-6-8-12-24)33(20-26-13-9-10-14-27(26)31)29(34)19-25-16-21(2)15-22(3)17-25/h6-17,23,28H,5,18-20H2,1-4H3,(H,32,35)/t23-,28+/m1/s1. The summed E-state index contributed by atoms with van der Waals surface area (Å²) in [5.74, 6) is -0.251. The van der Waals surface area contributed by atoms with Crippen molar-refractivity contribution in [1.82, 2.24) is 10.2 Å². The molecule has 2 amide bonds. The molecule has 0 unspecified atom stereocenters. The molecule has 35 heavy (non-hydrogen) atoms. The molecule has 1 N–H and O–H groups in total. The van der Waals surface area contributed by atoms with Crippen molar-refractivity contribution in [3.8, 4) is 0 Å². The van der Waals surface area contributed by atoms with Crippen molar-refractivity contribution in [3.63, 3.8) is 0 Å². The quantitative estimate of drug-likeness (QED) is 0.376. The average molecular weight is 491 g/mol. The van der Waals surface area contributed by atoms with Crippen LogP contribution in [0.25, 0.3) is 0 Å². The zero-order chi connectivity index (χ0) is 25.4. The second-order valence-electron chi connectivity index (χ2n) is 9.31. The second-order valence-corrected chi connectivity index (χ2v) is 9.72. The molecule has 2 atom stereocenters. The van der Waals surface area contributed by atoms with Crippen molar-refractivity contribution >= 4 is 23.4 Å². The Bertz CT molecular complexity index is 1130. The highest BCUT2D eigenvalue weighted by Crippen LogP contribution is 2.22. The molecular weight excluding hydrogens is 456 g/mol. The fourth-order valence-electron chi connectivity index (χ4n) is 4.25. The van der Waals surface area contributed by atoms with E-state index in [1.165, 1.54) is 0 Å². The molecule has 0 spiro atoms. The molecule has 0 aliphatic rings. The van der Waals surface area contributed by atoms with Gasteiger partial charge in [0.2, 0.25) is 11.8 Å². The van der Waals surface area contributed by atoms with Crippen LogP contribution < -0.4 is 5.32 Å². The number of carbonyl (C=O) groups excluding carboxylic acids is 2. The molecule has 3 aromatic carbocycles. The van der Waals surface area contributed by atoms with Crippen LogP contribution in [0.1, 0.15) is 48.1 Å². The van der Waals surface area contributed by atoms with Crippen molar-refractivity contribution in [2.45, 2.75) is 65.6 Å². The predicted molar refractivity (Wildman–Crippen MR) is 143 cm³/mol. The number of nitrogens with one attached hydrogen (secondary N) is 1. The first-order valence-corrected chi connectivity index (χ1v) is 12.6. The van der Waals surface area contributed by atoms with Crippen LogP contribution in [0, 0.1) is 13.8 Å². The van der Waals surface area contributed by atoms with Crippen LogP contribution in [-0.4, -0.2) is 28.8 Å². The van der Waals surface area contributed by atoms with Crippen molar-refractivity contribution in [1.29, 1.82) is 0 Å². The van der Waals surface area contributed by atoms with Crippen molar-refractivity contribution < 1.29 is 9.59 Å². The number of rotatable bonds is 10. The lowest BCUT2D eigenvalue weighted by molar-refractivity contribution is -0.141. The fourth-order valence-corrected chi connectivity index (χ4v) is 4.45. The van der Waals surface area contributed by atoms with E-state index in [1.54, 1.807) is 4.90 Å². The van der Waals surface area contributed by atoms with Gasteiger partial charge in [0, 0.05) is 24.0 Å². The monoisotopic (exact) mass is 490 g/mol. The third kappa shape index (κ3) is 7.69. The van der Waals surface area contributed by atoms with Crippen LogP contribution in [0.2, 0.25) is 5.02 Å². The molecule has 0 aromatic heterocycles. The first-order chi connectivity index (χ1) is 16.8. The fraction of sp³-hybridized carbons (Fsp3) is 0.333. The van der Waals surface area contributed by atoms with Gasteiger partial charge in [0.1, 0.15) is 6.04 Å². The molecule has 0 heterocycles. The van der Waals surface area contributed by atoms with E-state index >= 15 is 0 Å². The Morgan fingerprint density at radius 2 is 1.54 bits per heavy atom. The van der Waals surface area contributed by atoms with E-state index in [9.17, 15) is 9.59 Å². The third-order valence-electron chi connectivity index (χ3n) is 6.21. The molecule has 3 rings (SSSR count). The summed E-state index contributed by atoms with van der Waals surface area (Å²) in [6.07, 6.45) is 1.45. The van der Waals surface area contributed by atoms with Crippen LogP contribution in [-0.2, 0) is 29.0 Å². The Kier molecular flexibility index (Phi) is 9.50. The van der Waals surface area contributed by atoms with Crippen LogP contribution in [0.3, 0.4) is 0 Å². The normalized spacial score (nSPS) is 12.6. The van der Waals surface area contributed by atoms with Gasteiger partial charge in [0.05, 0.1) is 6.42 Å². The molecule has 0 fully saturated rings. The number of nitrogens with zero attached hydrogens (tertiary/aromatic N) is 1. The van der Waals surface area contributed by atoms with Gasteiger partial charge >= 0.3 is 0 Å². The van der Waals surface area contributed by atoms with E-state index in [1.807, 2.05) is 94.4 Å². The number of aryl methyl sites for hydroxylation is 2. The minimum Gasteiger partial charge on any atom is -0.352 e. The zero-order valence-electron chi connectivity index (χ0n) is 21.1. The summed E-state index contributed by atoms with van der Waals surface area (Å²) in [5.41, 5.74) is 4.98. The van der Waals surface area contributed by atoms with Crippen LogP contribution in [0.5, 0.6) is 0 Å². The highest BCUT2D eigenvalue weighted by Gasteiger charge is 2.31. The van der Waals surface area contributed by atoms with Gasteiger partial charge < -0.3 is 10.2 Å². The summed E-state index contributed by atoms with van der Waals surface area (Å²) in [5, 5.41) is 3.68. The number of carbonyl (C=O) groups is 2. The molecule has 3 aromatic rings. The van der Waals surface area contributed by atoms with Crippen LogP contribution in [0.4, 0.5) is 0 Å². The van der Waals surface area contributed by atoms with E-state index in [-0.39, 0.29) is 30.8 Å². The van der Waals surface area contributed by atoms with Gasteiger partial charge in [-0.2, -0.15) is 0 Å². The van der Waals surface area contributed by atoms with Gasteiger partial charge in [-0.3, -0.25) is 9.59 Å². The lowest BCUT2D eigenvalue weighted by atomic mass is 10.00. The first kappa shape index (κ1) is 26.5. The maximum Gasteiger partial charge on any atom is 0.243 e. The summed E-state index contributed by atoms with van der Waals surface area (Å²) < 4.78 is 0. The number of amides is 2. The smallest absolute Gasteiger partial charge is 0.243 e. The van der Waals surface area contributed by atoms with E-state index < -0.39 is 6.04 Å². The SMILES string of the molecule is CC[C@@H](C)NC(=O)[C@H](Cc1ccccc1)N(Cc1ccccc1Cl)C(=O)Cc1cc(C)cc(C)c1. The topological polar surface area (TPSA) is 49.4 Å². The van der Waals surface area contributed by atoms with Gasteiger partial charge in [-0.05, 0) is 49.9 Å². The molecule has 0 aliphatic carbocycles. The number of hydrogen-bond acceptors (Lipinski definition) is 2. The molecule has 0 saturated carbocycles. The average Bonchev–Trinajstić information content (AvgIpc) is 2.82. The highest BCUT2D eigenvalue weighted by molar-refractivity contribution is 6.31. The van der Waals surface area contributed by atoms with Crippen molar-refractivity contribution in [3.05, 3.63) is 106 Å². The summed E-state index contributed by atoms with van der Waals surface area (Å²) in [4.78, 5) is 29.1. The second kappa shape index (κ2) is 12.6. The third-order valence-corrected chi connectivity index (χ3v) is 6.58. The molecule has 0 aliphatic heterocycles. The Hall–Kier alpha value is -3.11. The molecule has 0 radical (unpaired) electrons. The minimum absolute atomic E-state index is 0.0115. The Morgan fingerprint density at radius 1 is 0.914 bits per heavy atom. The van der Waals surface area contributed by atoms with Gasteiger partial charge in [0.25, 0.3) is 0 Å². The first-order valence-electron chi connectivity index (χ1n) is 12.2. The van der Waals surface area contributed by atoms with E-state index in [0.717, 1.165) is 34.2 Å². The maximum atomic E-state index is 13.8. The molecule has 0 saturated heterocycles. The number of hydrogen-bond donors (Lipinski definition) is 1. The molecular formula is C30H35ClN2O2. The number of benzene rings is 3. The predicted octanol–water partition coefficient (Wildman–Crippen LogP) is 6.05. The van der Waals surface area contributed by atoms with E-state index in [4.69, 9.17) is 11.6 Å². The molecule has 184 valence electrons. The van der Waals surface area contributed by atoms with E-state index in [0.29, 0.717) is 11.4 Å². The molecule has 5 heteroatoms. The molecule has 0 bridgehead atoms. The van der Waals surface area contributed by atoms with Gasteiger partial charge in [0.15, 0.2) is 0 Å². The summed E-state index contributed by atoms with van der Waals surface area (Å²) >= 11 is 6.49. The summed E-state index contributed by atoms with van der Waals surface area (Å²) in [6, 6.07) is 22.8. The van der Waals surface area contributed by atoms with Crippen LogP contribution in [0.15, 0.2) is 72.8 Å². The van der Waals surface area contributed by atoms with Gasteiger partial charge in [-0.15, -0.1) is 0 Å². The zero-order valence-corrected chi connectivity index (χ0v) is 21.8. The van der Waals surface area contributed by atoms with Gasteiger partial charge in [-0.25, -0.2) is 0 Å². The van der Waals surface area contributed by atoms with Crippen molar-refractivity contribution in [2.24, 2.45) is 0 Å². The minimum atomic E-state index is -0.666. The maximum absolute atomic E-state index is 13.8. The number of halogens is 1. The Balaban J connectivity index is 2.00. The molecule has 4 nitrogen and oxygen atoms in total. The van der Waals surface area contributed by atoms with E-state index in [2.05, 4.69) is 11.4 Å². The van der Waals surface area contributed by atoms with Gasteiger partial charge in [-0.1, -0.05) is 96.4 Å². The van der Waals surface area contributed by atoms with Crippen molar-refractivity contribution in [2.75, 3.05) is 0 Å². The lowest BCUT2D eigenvalue weighted by Gasteiger charge is -2.32. The highest BCUT2D eigenvalue weighted by atomic mass is 35.5. The Labute approximate surface area is 214 Å². The Morgan fingerprint density at radius 3 is 2.17 bits per heavy atom. The van der Waals surface area contributed by atoms with Crippen LogP contribution >= 0.6 is 11.6 Å². The summed E-state index contributed by atoms with van der Waals surface area (Å²) in [6.45, 7) is 8.33. The largest absolute Gasteiger partial charge is 0.352 e.